The van der Waals surface area contributed by atoms with Gasteiger partial charge in [-0.25, -0.2) is 0 Å². The molecule has 2 saturated carbocycles. The summed E-state index contributed by atoms with van der Waals surface area (Å²) in [7, 11) is 0. The summed E-state index contributed by atoms with van der Waals surface area (Å²) >= 11 is 0. The van der Waals surface area contributed by atoms with E-state index < -0.39 is 0 Å². The number of hydrogen-bond donors (Lipinski definition) is 0. The Bertz CT molecular complexity index is 1550. The maximum absolute atomic E-state index is 2.51. The van der Waals surface area contributed by atoms with E-state index in [-0.39, 0.29) is 0 Å². The number of hydrogen-bond acceptors (Lipinski definition) is 0. The normalized spacial score (nSPS) is 23.3. The minimum atomic E-state index is 0.743. The molecular formula is C42H50. The Morgan fingerprint density at radius 3 is 1.19 bits per heavy atom. The molecule has 0 bridgehead atoms. The van der Waals surface area contributed by atoms with Gasteiger partial charge in [-0.15, -0.1) is 0 Å². The highest BCUT2D eigenvalue weighted by molar-refractivity contribution is 6.17. The van der Waals surface area contributed by atoms with Crippen LogP contribution in [0.5, 0.6) is 0 Å². The lowest BCUT2D eigenvalue weighted by Crippen LogP contribution is -2.13. The van der Waals surface area contributed by atoms with E-state index in [4.69, 9.17) is 0 Å². The van der Waals surface area contributed by atoms with Crippen LogP contribution in [-0.2, 0) is 0 Å². The molecule has 0 heteroatoms. The van der Waals surface area contributed by atoms with Gasteiger partial charge in [-0.05, 0) is 141 Å². The van der Waals surface area contributed by atoms with E-state index in [2.05, 4.69) is 86.6 Å². The SMILES string of the molecule is CCCCC1CCC(c2ccc3c(ccc4cc5c(ccc6cc(C7CCC(CCCC)CC7)ccc65)cc43)c2)CC1. The molecule has 0 heterocycles. The average Bonchev–Trinajstić information content (AvgIpc) is 3.05. The lowest BCUT2D eigenvalue weighted by atomic mass is 9.76. The van der Waals surface area contributed by atoms with Crippen molar-refractivity contribution >= 4 is 43.1 Å². The molecule has 0 saturated heterocycles. The van der Waals surface area contributed by atoms with Crippen molar-refractivity contribution in [3.8, 4) is 0 Å². The summed E-state index contributed by atoms with van der Waals surface area (Å²) in [6.45, 7) is 4.65. The van der Waals surface area contributed by atoms with Crippen molar-refractivity contribution in [1.82, 2.24) is 0 Å². The molecule has 0 aromatic heterocycles. The van der Waals surface area contributed by atoms with Crippen LogP contribution in [0.1, 0.15) is 127 Å². The van der Waals surface area contributed by atoms with Crippen molar-refractivity contribution in [2.24, 2.45) is 11.8 Å². The summed E-state index contributed by atoms with van der Waals surface area (Å²) in [5.41, 5.74) is 3.13. The van der Waals surface area contributed by atoms with E-state index in [1.807, 2.05) is 0 Å². The quantitative estimate of drug-likeness (QED) is 0.132. The van der Waals surface area contributed by atoms with Gasteiger partial charge in [0.05, 0.1) is 0 Å². The van der Waals surface area contributed by atoms with Gasteiger partial charge in [0.25, 0.3) is 0 Å². The Labute approximate surface area is 253 Å². The minimum Gasteiger partial charge on any atom is -0.0654 e. The third-order valence-corrected chi connectivity index (χ3v) is 11.4. The van der Waals surface area contributed by atoms with Gasteiger partial charge >= 0.3 is 0 Å². The molecule has 2 aliphatic rings. The largest absolute Gasteiger partial charge is 0.0654 e. The zero-order valence-electron chi connectivity index (χ0n) is 26.1. The summed E-state index contributed by atoms with van der Waals surface area (Å²) in [5, 5.41) is 11.1. The number of benzene rings is 5. The monoisotopic (exact) mass is 554 g/mol. The minimum absolute atomic E-state index is 0.743. The standard InChI is InChI=1S/C42H50/c1-3-5-7-29-9-13-31(14-10-29)33-21-23-39-35(25-33)17-19-37-28-42-38(27-41(37)39)20-18-36-26-34(22-24-40(36)42)32-15-11-30(12-16-32)8-6-4-2/h17-32H,3-16H2,1-2H3. The summed E-state index contributed by atoms with van der Waals surface area (Å²) in [6, 6.07) is 29.2. The van der Waals surface area contributed by atoms with Crippen molar-refractivity contribution in [3.05, 3.63) is 83.9 Å². The van der Waals surface area contributed by atoms with Crippen molar-refractivity contribution < 1.29 is 0 Å². The smallest absolute Gasteiger partial charge is 0.00990 e. The Morgan fingerprint density at radius 2 is 0.810 bits per heavy atom. The van der Waals surface area contributed by atoms with E-state index in [0.29, 0.717) is 0 Å². The van der Waals surface area contributed by atoms with Crippen LogP contribution >= 0.6 is 0 Å². The van der Waals surface area contributed by atoms with E-state index in [1.54, 1.807) is 11.1 Å². The molecule has 0 radical (unpaired) electrons. The molecule has 5 aromatic carbocycles. The summed E-state index contributed by atoms with van der Waals surface area (Å²) < 4.78 is 0. The Balaban J connectivity index is 1.14. The maximum atomic E-state index is 2.51. The van der Waals surface area contributed by atoms with Gasteiger partial charge in [-0.1, -0.05) is 113 Å². The molecule has 42 heavy (non-hydrogen) atoms. The van der Waals surface area contributed by atoms with Gasteiger partial charge in [-0.2, -0.15) is 0 Å². The lowest BCUT2D eigenvalue weighted by molar-refractivity contribution is 0.304. The van der Waals surface area contributed by atoms with Crippen LogP contribution in [0.4, 0.5) is 0 Å². The Kier molecular flexibility index (Phi) is 8.25. The van der Waals surface area contributed by atoms with Crippen LogP contribution in [0, 0.1) is 11.8 Å². The second-order valence-electron chi connectivity index (χ2n) is 14.1. The van der Waals surface area contributed by atoms with E-state index in [9.17, 15) is 0 Å². The molecule has 218 valence electrons. The fraction of sp³-hybridized carbons (Fsp3) is 0.476. The van der Waals surface area contributed by atoms with Gasteiger partial charge in [0.2, 0.25) is 0 Å². The molecule has 0 spiro atoms. The number of fused-ring (bicyclic) bond motifs is 6. The van der Waals surface area contributed by atoms with Gasteiger partial charge in [0, 0.05) is 0 Å². The van der Waals surface area contributed by atoms with Gasteiger partial charge < -0.3 is 0 Å². The predicted octanol–water partition coefficient (Wildman–Crippen LogP) is 13.2. The molecule has 5 aromatic rings. The highest BCUT2D eigenvalue weighted by atomic mass is 14.3. The Morgan fingerprint density at radius 1 is 0.429 bits per heavy atom. The lowest BCUT2D eigenvalue weighted by Gasteiger charge is -2.29. The molecule has 0 atom stereocenters. The first-order valence-electron chi connectivity index (χ1n) is 17.5. The molecule has 0 amide bonds. The summed E-state index contributed by atoms with van der Waals surface area (Å²) in [6.07, 6.45) is 19.5. The molecular weight excluding hydrogens is 504 g/mol. The first-order chi connectivity index (χ1) is 20.7. The van der Waals surface area contributed by atoms with E-state index in [1.165, 1.54) is 133 Å². The van der Waals surface area contributed by atoms with Crippen molar-refractivity contribution in [2.75, 3.05) is 0 Å². The molecule has 0 aliphatic heterocycles. The van der Waals surface area contributed by atoms with Crippen LogP contribution < -0.4 is 0 Å². The highest BCUT2D eigenvalue weighted by Gasteiger charge is 2.23. The second-order valence-corrected chi connectivity index (χ2v) is 14.1. The Hall–Kier alpha value is -2.86. The molecule has 7 rings (SSSR count). The highest BCUT2D eigenvalue weighted by Crippen LogP contribution is 2.41. The third-order valence-electron chi connectivity index (χ3n) is 11.4. The molecule has 0 unspecified atom stereocenters. The third kappa shape index (κ3) is 5.59. The zero-order valence-corrected chi connectivity index (χ0v) is 26.1. The molecule has 0 N–H and O–H groups in total. The first kappa shape index (κ1) is 27.9. The van der Waals surface area contributed by atoms with Gasteiger partial charge in [-0.3, -0.25) is 0 Å². The summed E-state index contributed by atoms with van der Waals surface area (Å²) in [5.74, 6) is 3.42. The van der Waals surface area contributed by atoms with Crippen LogP contribution in [-0.4, -0.2) is 0 Å². The van der Waals surface area contributed by atoms with E-state index in [0.717, 1.165) is 23.7 Å². The van der Waals surface area contributed by atoms with Gasteiger partial charge in [0.1, 0.15) is 0 Å². The second kappa shape index (κ2) is 12.4. The predicted molar refractivity (Wildman–Crippen MR) is 185 cm³/mol. The molecule has 2 aliphatic carbocycles. The van der Waals surface area contributed by atoms with Crippen molar-refractivity contribution in [1.29, 1.82) is 0 Å². The number of rotatable bonds is 8. The molecule has 0 nitrogen and oxygen atoms in total. The maximum Gasteiger partial charge on any atom is -0.00990 e. The van der Waals surface area contributed by atoms with E-state index >= 15 is 0 Å². The van der Waals surface area contributed by atoms with Crippen molar-refractivity contribution in [2.45, 2.75) is 116 Å². The van der Waals surface area contributed by atoms with Gasteiger partial charge in [0.15, 0.2) is 0 Å². The fourth-order valence-corrected chi connectivity index (χ4v) is 8.73. The molecule has 2 fully saturated rings. The van der Waals surface area contributed by atoms with Crippen LogP contribution in [0.2, 0.25) is 0 Å². The van der Waals surface area contributed by atoms with Crippen molar-refractivity contribution in [3.63, 3.8) is 0 Å². The van der Waals surface area contributed by atoms with Crippen LogP contribution in [0.15, 0.2) is 72.8 Å². The summed E-state index contributed by atoms with van der Waals surface area (Å²) in [4.78, 5) is 0. The average molecular weight is 555 g/mol. The van der Waals surface area contributed by atoms with Crippen LogP contribution in [0.3, 0.4) is 0 Å². The topological polar surface area (TPSA) is 0 Å². The zero-order chi connectivity index (χ0) is 28.5. The first-order valence-corrected chi connectivity index (χ1v) is 17.5. The fourth-order valence-electron chi connectivity index (χ4n) is 8.73. The number of unbranched alkanes of at least 4 members (excludes halogenated alkanes) is 2. The van der Waals surface area contributed by atoms with Crippen LogP contribution in [0.25, 0.3) is 43.1 Å².